The molecular weight excluding hydrogens is 352 g/mol. The number of carbonyl (C=O) groups is 1. The van der Waals surface area contributed by atoms with Gasteiger partial charge in [-0.1, -0.05) is 24.3 Å². The van der Waals surface area contributed by atoms with Gasteiger partial charge in [-0.2, -0.15) is 11.3 Å². The van der Waals surface area contributed by atoms with Gasteiger partial charge in [-0.05, 0) is 40.9 Å². The van der Waals surface area contributed by atoms with Crippen LogP contribution < -0.4 is 5.56 Å². The number of fused-ring (bicyclic) bond motifs is 1. The van der Waals surface area contributed by atoms with Crippen molar-refractivity contribution in [2.75, 3.05) is 6.61 Å². The molecular formula is C18H20N4O3S. The fraction of sp³-hybridized carbons (Fsp3) is 0.333. The molecule has 1 N–H and O–H groups in total. The molecule has 0 spiro atoms. The largest absolute Gasteiger partial charge is 0.394 e. The third kappa shape index (κ3) is 3.81. The van der Waals surface area contributed by atoms with Crippen LogP contribution in [0.25, 0.3) is 10.9 Å². The SMILES string of the molecule is CCC(CO)N(Cc1ccsc1)C(=O)Cn1nnc2ccccc2c1=O. The van der Waals surface area contributed by atoms with Crippen LogP contribution in [0.4, 0.5) is 0 Å². The summed E-state index contributed by atoms with van der Waals surface area (Å²) in [7, 11) is 0. The number of carbonyl (C=O) groups excluding carboxylic acids is 1. The van der Waals surface area contributed by atoms with Crippen LogP contribution >= 0.6 is 11.3 Å². The summed E-state index contributed by atoms with van der Waals surface area (Å²) in [4.78, 5) is 27.0. The first kappa shape index (κ1) is 18.2. The quantitative estimate of drug-likeness (QED) is 0.681. The molecule has 1 amide bonds. The molecule has 136 valence electrons. The number of thiophene rings is 1. The zero-order chi connectivity index (χ0) is 18.5. The summed E-state index contributed by atoms with van der Waals surface area (Å²) in [5.74, 6) is -0.274. The van der Waals surface area contributed by atoms with Crippen molar-refractivity contribution in [3.05, 3.63) is 57.0 Å². The molecule has 0 radical (unpaired) electrons. The molecule has 1 unspecified atom stereocenters. The van der Waals surface area contributed by atoms with Gasteiger partial charge in [0.1, 0.15) is 12.1 Å². The lowest BCUT2D eigenvalue weighted by Gasteiger charge is -2.29. The predicted molar refractivity (Wildman–Crippen MR) is 99.8 cm³/mol. The van der Waals surface area contributed by atoms with Crippen molar-refractivity contribution < 1.29 is 9.90 Å². The lowest BCUT2D eigenvalue weighted by molar-refractivity contribution is -0.136. The van der Waals surface area contributed by atoms with Gasteiger partial charge in [-0.3, -0.25) is 9.59 Å². The number of benzene rings is 1. The maximum atomic E-state index is 12.9. The van der Waals surface area contributed by atoms with E-state index in [1.165, 1.54) is 0 Å². The van der Waals surface area contributed by atoms with Crippen LogP contribution in [0.3, 0.4) is 0 Å². The minimum absolute atomic E-state index is 0.134. The van der Waals surface area contributed by atoms with E-state index in [1.807, 2.05) is 23.8 Å². The van der Waals surface area contributed by atoms with Gasteiger partial charge in [0.2, 0.25) is 5.91 Å². The van der Waals surface area contributed by atoms with Gasteiger partial charge < -0.3 is 10.0 Å². The number of aliphatic hydroxyl groups is 1. The lowest BCUT2D eigenvalue weighted by Crippen LogP contribution is -2.44. The van der Waals surface area contributed by atoms with E-state index in [-0.39, 0.29) is 30.7 Å². The molecule has 0 fully saturated rings. The topological polar surface area (TPSA) is 88.3 Å². The highest BCUT2D eigenvalue weighted by Gasteiger charge is 2.23. The standard InChI is InChI=1S/C18H20N4O3S/c1-2-14(11-23)21(9-13-7-8-26-12-13)17(24)10-22-18(25)15-5-3-4-6-16(15)19-20-22/h3-8,12,14,23H,2,9-11H2,1H3. The first-order chi connectivity index (χ1) is 12.6. The second-order valence-corrected chi connectivity index (χ2v) is 6.75. The third-order valence-corrected chi connectivity index (χ3v) is 5.02. The summed E-state index contributed by atoms with van der Waals surface area (Å²) in [5, 5.41) is 21.9. The second-order valence-electron chi connectivity index (χ2n) is 5.97. The summed E-state index contributed by atoms with van der Waals surface area (Å²) < 4.78 is 1.08. The minimum Gasteiger partial charge on any atom is -0.394 e. The van der Waals surface area contributed by atoms with E-state index in [9.17, 15) is 14.7 Å². The number of aromatic nitrogens is 3. The van der Waals surface area contributed by atoms with Crippen molar-refractivity contribution in [3.63, 3.8) is 0 Å². The van der Waals surface area contributed by atoms with E-state index in [4.69, 9.17) is 0 Å². The van der Waals surface area contributed by atoms with Crippen molar-refractivity contribution in [1.29, 1.82) is 0 Å². The van der Waals surface area contributed by atoms with Gasteiger partial charge in [0.15, 0.2) is 0 Å². The normalized spacial score (nSPS) is 12.2. The Labute approximate surface area is 154 Å². The number of hydrogen-bond donors (Lipinski definition) is 1. The second kappa shape index (κ2) is 8.20. The molecule has 0 aliphatic heterocycles. The molecule has 26 heavy (non-hydrogen) atoms. The Morgan fingerprint density at radius 1 is 1.35 bits per heavy atom. The first-order valence-electron chi connectivity index (χ1n) is 8.38. The van der Waals surface area contributed by atoms with E-state index in [1.54, 1.807) is 40.5 Å². The Balaban J connectivity index is 1.87. The highest BCUT2D eigenvalue weighted by Crippen LogP contribution is 2.14. The average molecular weight is 372 g/mol. The maximum absolute atomic E-state index is 12.9. The number of amides is 1. The van der Waals surface area contributed by atoms with Gasteiger partial charge >= 0.3 is 0 Å². The molecule has 2 aromatic heterocycles. The van der Waals surface area contributed by atoms with E-state index in [2.05, 4.69) is 10.3 Å². The van der Waals surface area contributed by atoms with Crippen molar-refractivity contribution >= 4 is 28.1 Å². The van der Waals surface area contributed by atoms with Crippen LogP contribution in [-0.2, 0) is 17.9 Å². The Morgan fingerprint density at radius 3 is 2.85 bits per heavy atom. The number of rotatable bonds is 7. The van der Waals surface area contributed by atoms with E-state index in [0.717, 1.165) is 10.2 Å². The molecule has 3 rings (SSSR count). The molecule has 7 nitrogen and oxygen atoms in total. The van der Waals surface area contributed by atoms with E-state index < -0.39 is 0 Å². The summed E-state index contributed by atoms with van der Waals surface area (Å²) in [6, 6.07) is 8.53. The van der Waals surface area contributed by atoms with Crippen molar-refractivity contribution in [1.82, 2.24) is 19.9 Å². The lowest BCUT2D eigenvalue weighted by atomic mass is 10.1. The fourth-order valence-corrected chi connectivity index (χ4v) is 3.45. The van der Waals surface area contributed by atoms with Crippen molar-refractivity contribution in [2.45, 2.75) is 32.5 Å². The average Bonchev–Trinajstić information content (AvgIpc) is 3.17. The van der Waals surface area contributed by atoms with Gasteiger partial charge in [-0.15, -0.1) is 5.10 Å². The molecule has 0 saturated heterocycles. The highest BCUT2D eigenvalue weighted by atomic mass is 32.1. The van der Waals surface area contributed by atoms with Crippen LogP contribution in [0.5, 0.6) is 0 Å². The Kier molecular flexibility index (Phi) is 5.75. The van der Waals surface area contributed by atoms with Crippen LogP contribution in [0, 0.1) is 0 Å². The molecule has 0 bridgehead atoms. The Bertz CT molecular complexity index is 935. The number of hydrogen-bond acceptors (Lipinski definition) is 6. The molecule has 0 aliphatic rings. The number of nitrogens with zero attached hydrogens (tertiary/aromatic N) is 4. The van der Waals surface area contributed by atoms with Gasteiger partial charge in [0.25, 0.3) is 5.56 Å². The van der Waals surface area contributed by atoms with E-state index >= 15 is 0 Å². The van der Waals surface area contributed by atoms with Crippen molar-refractivity contribution in [3.8, 4) is 0 Å². The summed E-state index contributed by atoms with van der Waals surface area (Å²) >= 11 is 1.55. The highest BCUT2D eigenvalue weighted by molar-refractivity contribution is 7.07. The summed E-state index contributed by atoms with van der Waals surface area (Å²) in [6.07, 6.45) is 0.616. The van der Waals surface area contributed by atoms with E-state index in [0.29, 0.717) is 23.9 Å². The van der Waals surface area contributed by atoms with Crippen LogP contribution in [0.15, 0.2) is 45.9 Å². The number of aliphatic hydroxyl groups excluding tert-OH is 1. The fourth-order valence-electron chi connectivity index (χ4n) is 2.79. The molecule has 3 aromatic rings. The third-order valence-electron chi connectivity index (χ3n) is 4.29. The molecule has 0 saturated carbocycles. The zero-order valence-electron chi connectivity index (χ0n) is 14.4. The molecule has 2 heterocycles. The summed E-state index contributed by atoms with van der Waals surface area (Å²) in [6.45, 7) is 1.95. The Morgan fingerprint density at radius 2 is 2.15 bits per heavy atom. The minimum atomic E-state index is -0.350. The van der Waals surface area contributed by atoms with Gasteiger partial charge in [0.05, 0.1) is 18.0 Å². The zero-order valence-corrected chi connectivity index (χ0v) is 15.2. The van der Waals surface area contributed by atoms with Gasteiger partial charge in [0, 0.05) is 6.54 Å². The van der Waals surface area contributed by atoms with Gasteiger partial charge in [-0.25, -0.2) is 4.68 Å². The van der Waals surface area contributed by atoms with Crippen LogP contribution in [0.2, 0.25) is 0 Å². The predicted octanol–water partition coefficient (Wildman–Crippen LogP) is 1.65. The monoisotopic (exact) mass is 372 g/mol. The Hall–Kier alpha value is -2.58. The smallest absolute Gasteiger partial charge is 0.278 e. The van der Waals surface area contributed by atoms with Crippen molar-refractivity contribution in [2.24, 2.45) is 0 Å². The van der Waals surface area contributed by atoms with Crippen LogP contribution in [0.1, 0.15) is 18.9 Å². The first-order valence-corrected chi connectivity index (χ1v) is 9.32. The molecule has 1 aromatic carbocycles. The maximum Gasteiger partial charge on any atom is 0.278 e. The van der Waals surface area contributed by atoms with Crippen LogP contribution in [-0.4, -0.2) is 43.6 Å². The summed E-state index contributed by atoms with van der Waals surface area (Å²) in [5.41, 5.74) is 1.14. The molecule has 1 atom stereocenters. The molecule has 8 heteroatoms. The molecule has 0 aliphatic carbocycles.